The monoisotopic (exact) mass is 280 g/mol. The van der Waals surface area contributed by atoms with Gasteiger partial charge < -0.3 is 4.90 Å². The quantitative estimate of drug-likeness (QED) is 0.799. The number of aromatic nitrogens is 3. The Labute approximate surface area is 119 Å². The van der Waals surface area contributed by atoms with E-state index in [2.05, 4.69) is 28.9 Å². The van der Waals surface area contributed by atoms with E-state index in [9.17, 15) is 0 Å². The average molecular weight is 281 g/mol. The number of rotatable bonds is 3. The molecule has 3 heterocycles. The van der Waals surface area contributed by atoms with Gasteiger partial charge in [-0.1, -0.05) is 13.8 Å². The third-order valence-corrected chi connectivity index (χ3v) is 4.76. The molecule has 3 rings (SSSR count). The topological polar surface area (TPSA) is 41.9 Å². The summed E-state index contributed by atoms with van der Waals surface area (Å²) in [4.78, 5) is 7.14. The van der Waals surface area contributed by atoms with E-state index in [4.69, 9.17) is 16.6 Å². The number of piperidine rings is 1. The molecule has 2 atom stereocenters. The van der Waals surface area contributed by atoms with E-state index < -0.39 is 0 Å². The number of aryl methyl sites for hydroxylation is 2. The minimum Gasteiger partial charge on any atom is -0.333 e. The molecule has 2 bridgehead atoms. The normalized spacial score (nSPS) is 29.8. The minimum absolute atomic E-state index is 0.322. The first-order chi connectivity index (χ1) is 9.22. The summed E-state index contributed by atoms with van der Waals surface area (Å²) in [5.41, 5.74) is 2.13. The fourth-order valence-corrected chi connectivity index (χ4v) is 3.89. The molecular formula is C14H21ClN4. The van der Waals surface area contributed by atoms with Crippen molar-refractivity contribution in [3.63, 3.8) is 0 Å². The van der Waals surface area contributed by atoms with Gasteiger partial charge in [0.25, 0.3) is 0 Å². The Morgan fingerprint density at radius 2 is 1.68 bits per heavy atom. The Bertz CT molecular complexity index is 451. The van der Waals surface area contributed by atoms with Gasteiger partial charge in [-0.2, -0.15) is 5.10 Å². The van der Waals surface area contributed by atoms with Crippen molar-refractivity contribution in [3.05, 3.63) is 11.4 Å². The van der Waals surface area contributed by atoms with Crippen molar-refractivity contribution in [1.82, 2.24) is 15.2 Å². The van der Waals surface area contributed by atoms with Crippen LogP contribution in [0.3, 0.4) is 0 Å². The van der Waals surface area contributed by atoms with Crippen LogP contribution in [0.1, 0.15) is 50.9 Å². The summed E-state index contributed by atoms with van der Waals surface area (Å²) in [7, 11) is 0. The second-order valence-electron chi connectivity index (χ2n) is 5.57. The van der Waals surface area contributed by atoms with Gasteiger partial charge in [0.1, 0.15) is 0 Å². The van der Waals surface area contributed by atoms with Gasteiger partial charge in [0.2, 0.25) is 5.95 Å². The first-order valence-electron chi connectivity index (χ1n) is 7.37. The van der Waals surface area contributed by atoms with E-state index in [1.54, 1.807) is 0 Å². The molecule has 0 saturated carbocycles. The van der Waals surface area contributed by atoms with E-state index in [1.807, 2.05) is 0 Å². The van der Waals surface area contributed by atoms with Crippen LogP contribution in [0, 0.1) is 0 Å². The zero-order valence-electron chi connectivity index (χ0n) is 11.6. The van der Waals surface area contributed by atoms with Crippen LogP contribution >= 0.6 is 11.6 Å². The van der Waals surface area contributed by atoms with Gasteiger partial charge in [-0.25, -0.2) is 4.98 Å². The second kappa shape index (κ2) is 5.23. The summed E-state index contributed by atoms with van der Waals surface area (Å²) < 4.78 is 0. The zero-order chi connectivity index (χ0) is 13.4. The van der Waals surface area contributed by atoms with Crippen molar-refractivity contribution in [2.75, 3.05) is 4.90 Å². The maximum Gasteiger partial charge on any atom is 0.246 e. The predicted octanol–water partition coefficient (Wildman–Crippen LogP) is 2.74. The SMILES string of the molecule is CCc1nnc(N2C3CCC2CC(Cl)C3)nc1CC. The van der Waals surface area contributed by atoms with Crippen LogP contribution in [0.2, 0.25) is 0 Å². The molecule has 1 aromatic rings. The van der Waals surface area contributed by atoms with Crippen LogP contribution in [0.5, 0.6) is 0 Å². The number of halogens is 1. The van der Waals surface area contributed by atoms with Gasteiger partial charge in [0.05, 0.1) is 11.4 Å². The van der Waals surface area contributed by atoms with Crippen molar-refractivity contribution in [2.24, 2.45) is 0 Å². The first-order valence-corrected chi connectivity index (χ1v) is 7.81. The molecule has 0 aromatic carbocycles. The van der Waals surface area contributed by atoms with Crippen molar-refractivity contribution in [1.29, 1.82) is 0 Å². The van der Waals surface area contributed by atoms with Crippen molar-refractivity contribution in [3.8, 4) is 0 Å². The molecule has 5 heteroatoms. The lowest BCUT2D eigenvalue weighted by molar-refractivity contribution is 0.463. The Kier molecular flexibility index (Phi) is 3.61. The van der Waals surface area contributed by atoms with E-state index in [-0.39, 0.29) is 0 Å². The Hall–Kier alpha value is -0.900. The van der Waals surface area contributed by atoms with Crippen LogP contribution in [0.25, 0.3) is 0 Å². The van der Waals surface area contributed by atoms with Gasteiger partial charge in [-0.05, 0) is 38.5 Å². The van der Waals surface area contributed by atoms with Gasteiger partial charge in [-0.3, -0.25) is 0 Å². The molecule has 2 saturated heterocycles. The van der Waals surface area contributed by atoms with Gasteiger partial charge >= 0.3 is 0 Å². The van der Waals surface area contributed by atoms with Crippen molar-refractivity contribution >= 4 is 17.5 Å². The van der Waals surface area contributed by atoms with Crippen LogP contribution in [0.4, 0.5) is 5.95 Å². The van der Waals surface area contributed by atoms with Crippen molar-refractivity contribution < 1.29 is 0 Å². The fraction of sp³-hybridized carbons (Fsp3) is 0.786. The van der Waals surface area contributed by atoms with E-state index in [0.717, 1.165) is 43.0 Å². The summed E-state index contributed by atoms with van der Waals surface area (Å²) in [5.74, 6) is 0.824. The highest BCUT2D eigenvalue weighted by molar-refractivity contribution is 6.20. The second-order valence-corrected chi connectivity index (χ2v) is 6.19. The Morgan fingerprint density at radius 1 is 1.05 bits per heavy atom. The van der Waals surface area contributed by atoms with Gasteiger partial charge in [-0.15, -0.1) is 16.7 Å². The molecule has 2 aliphatic heterocycles. The largest absolute Gasteiger partial charge is 0.333 e. The maximum absolute atomic E-state index is 6.32. The Morgan fingerprint density at radius 3 is 2.26 bits per heavy atom. The summed E-state index contributed by atoms with van der Waals surface area (Å²) in [6.45, 7) is 4.24. The van der Waals surface area contributed by atoms with Crippen LogP contribution in [0.15, 0.2) is 0 Å². The van der Waals surface area contributed by atoms with Gasteiger partial charge in [0, 0.05) is 17.5 Å². The number of hydrogen-bond donors (Lipinski definition) is 0. The summed E-state index contributed by atoms with van der Waals surface area (Å²) in [5, 5.41) is 9.06. The summed E-state index contributed by atoms with van der Waals surface area (Å²) >= 11 is 6.32. The maximum atomic E-state index is 6.32. The van der Waals surface area contributed by atoms with Crippen LogP contribution in [-0.2, 0) is 12.8 Å². The molecule has 0 radical (unpaired) electrons. The molecule has 4 nitrogen and oxygen atoms in total. The smallest absolute Gasteiger partial charge is 0.246 e. The lowest BCUT2D eigenvalue weighted by Crippen LogP contribution is -2.44. The molecule has 104 valence electrons. The van der Waals surface area contributed by atoms with E-state index in [0.29, 0.717) is 17.5 Å². The molecular weight excluding hydrogens is 260 g/mol. The highest BCUT2D eigenvalue weighted by Gasteiger charge is 2.41. The molecule has 0 aliphatic carbocycles. The predicted molar refractivity (Wildman–Crippen MR) is 76.7 cm³/mol. The first kappa shape index (κ1) is 13.1. The van der Waals surface area contributed by atoms with Crippen LogP contribution < -0.4 is 4.90 Å². The number of fused-ring (bicyclic) bond motifs is 2. The molecule has 19 heavy (non-hydrogen) atoms. The van der Waals surface area contributed by atoms with Crippen LogP contribution in [-0.4, -0.2) is 32.6 Å². The molecule has 0 amide bonds. The fourth-order valence-electron chi connectivity index (χ4n) is 3.47. The molecule has 1 aromatic heterocycles. The lowest BCUT2D eigenvalue weighted by Gasteiger charge is -2.36. The third-order valence-electron chi connectivity index (χ3n) is 4.40. The highest BCUT2D eigenvalue weighted by atomic mass is 35.5. The molecule has 0 N–H and O–H groups in total. The van der Waals surface area contributed by atoms with Crippen molar-refractivity contribution in [2.45, 2.75) is 69.8 Å². The average Bonchev–Trinajstić information content (AvgIpc) is 2.70. The molecule has 2 fully saturated rings. The standard InChI is InChI=1S/C14H21ClN4/c1-3-12-13(4-2)17-18-14(16-12)19-10-5-6-11(19)8-9(15)7-10/h9-11H,3-8H2,1-2H3. The summed E-state index contributed by atoms with van der Waals surface area (Å²) in [6, 6.07) is 1.03. The Balaban J connectivity index is 1.90. The number of alkyl halides is 1. The minimum atomic E-state index is 0.322. The number of anilines is 1. The highest BCUT2D eigenvalue weighted by Crippen LogP contribution is 2.39. The number of hydrogen-bond acceptors (Lipinski definition) is 4. The lowest BCUT2D eigenvalue weighted by atomic mass is 10.0. The van der Waals surface area contributed by atoms with E-state index in [1.165, 1.54) is 12.8 Å². The third kappa shape index (κ3) is 2.31. The van der Waals surface area contributed by atoms with Gasteiger partial charge in [0.15, 0.2) is 0 Å². The zero-order valence-corrected chi connectivity index (χ0v) is 12.4. The summed E-state index contributed by atoms with van der Waals surface area (Å²) in [6.07, 6.45) is 6.37. The molecule has 0 spiro atoms. The molecule has 2 unspecified atom stereocenters. The van der Waals surface area contributed by atoms with E-state index >= 15 is 0 Å². The molecule has 2 aliphatic rings. The number of nitrogens with zero attached hydrogens (tertiary/aromatic N) is 4.